The van der Waals surface area contributed by atoms with E-state index >= 15 is 0 Å². The largest absolute Gasteiger partial charge is 0.479 e. The van der Waals surface area contributed by atoms with Crippen LogP contribution >= 0.6 is 0 Å². The van der Waals surface area contributed by atoms with Crippen LogP contribution in [-0.2, 0) is 9.53 Å². The van der Waals surface area contributed by atoms with Gasteiger partial charge in [-0.15, -0.1) is 0 Å². The maximum absolute atomic E-state index is 10.2. The first-order chi connectivity index (χ1) is 4.21. The summed E-state index contributed by atoms with van der Waals surface area (Å²) < 4.78 is 4.68. The molecule has 0 amide bonds. The molecular formula is C5H8O4. The molecule has 1 aliphatic heterocycles. The zero-order valence-electron chi connectivity index (χ0n) is 4.83. The standard InChI is InChI=1S/C5H8O4/c6-3-5(4(7)8)1-2-9-5/h6H,1-3H2,(H,7,8). The molecule has 0 saturated carbocycles. The highest BCUT2D eigenvalue weighted by atomic mass is 16.6. The van der Waals surface area contributed by atoms with Gasteiger partial charge in [0.25, 0.3) is 0 Å². The van der Waals surface area contributed by atoms with Crippen molar-refractivity contribution in [1.29, 1.82) is 0 Å². The fraction of sp³-hybridized carbons (Fsp3) is 0.800. The molecule has 0 aliphatic carbocycles. The van der Waals surface area contributed by atoms with E-state index in [9.17, 15) is 4.79 Å². The van der Waals surface area contributed by atoms with E-state index in [1.807, 2.05) is 0 Å². The van der Waals surface area contributed by atoms with Gasteiger partial charge in [-0.25, -0.2) is 4.79 Å². The minimum absolute atomic E-state index is 0.416. The predicted molar refractivity (Wildman–Crippen MR) is 28.0 cm³/mol. The van der Waals surface area contributed by atoms with Crippen LogP contribution in [0.5, 0.6) is 0 Å². The predicted octanol–water partition coefficient (Wildman–Crippen LogP) is -0.778. The van der Waals surface area contributed by atoms with Crippen LogP contribution in [0, 0.1) is 0 Å². The van der Waals surface area contributed by atoms with E-state index in [2.05, 4.69) is 4.74 Å². The van der Waals surface area contributed by atoms with Gasteiger partial charge in [0, 0.05) is 6.42 Å². The molecule has 1 aliphatic rings. The number of carboxylic acid groups (broad SMARTS) is 1. The van der Waals surface area contributed by atoms with Crippen LogP contribution in [0.1, 0.15) is 6.42 Å². The van der Waals surface area contributed by atoms with Crippen LogP contribution in [0.15, 0.2) is 0 Å². The third kappa shape index (κ3) is 0.799. The summed E-state index contributed by atoms with van der Waals surface area (Å²) in [6, 6.07) is 0. The van der Waals surface area contributed by atoms with E-state index in [1.54, 1.807) is 0 Å². The number of aliphatic hydroxyl groups excluding tert-OH is 1. The van der Waals surface area contributed by atoms with Gasteiger partial charge in [-0.1, -0.05) is 0 Å². The van der Waals surface area contributed by atoms with E-state index in [4.69, 9.17) is 10.2 Å². The van der Waals surface area contributed by atoms with E-state index in [0.29, 0.717) is 13.0 Å². The van der Waals surface area contributed by atoms with E-state index in [0.717, 1.165) is 0 Å². The molecule has 0 bridgehead atoms. The smallest absolute Gasteiger partial charge is 0.338 e. The lowest BCUT2D eigenvalue weighted by Crippen LogP contribution is -2.53. The van der Waals surface area contributed by atoms with Gasteiger partial charge in [0.15, 0.2) is 5.60 Å². The molecule has 1 saturated heterocycles. The Bertz CT molecular complexity index is 121. The average Bonchev–Trinajstić information content (AvgIpc) is 1.62. The molecular weight excluding hydrogens is 124 g/mol. The van der Waals surface area contributed by atoms with Gasteiger partial charge in [-0.3, -0.25) is 0 Å². The maximum atomic E-state index is 10.2. The number of aliphatic carboxylic acids is 1. The molecule has 0 radical (unpaired) electrons. The molecule has 9 heavy (non-hydrogen) atoms. The van der Waals surface area contributed by atoms with Crippen molar-refractivity contribution >= 4 is 5.97 Å². The highest BCUT2D eigenvalue weighted by Gasteiger charge is 2.45. The van der Waals surface area contributed by atoms with Crippen LogP contribution in [0.25, 0.3) is 0 Å². The lowest BCUT2D eigenvalue weighted by molar-refractivity contribution is -0.203. The van der Waals surface area contributed by atoms with Crippen LogP contribution in [0.4, 0.5) is 0 Å². The van der Waals surface area contributed by atoms with Gasteiger partial charge in [-0.2, -0.15) is 0 Å². The summed E-state index contributed by atoms with van der Waals surface area (Å²) >= 11 is 0. The lowest BCUT2D eigenvalue weighted by atomic mass is 9.96. The first-order valence-electron chi connectivity index (χ1n) is 2.69. The van der Waals surface area contributed by atoms with Gasteiger partial charge in [-0.05, 0) is 0 Å². The minimum Gasteiger partial charge on any atom is -0.479 e. The number of hydrogen-bond acceptors (Lipinski definition) is 3. The van der Waals surface area contributed by atoms with Gasteiger partial charge >= 0.3 is 5.97 Å². The fourth-order valence-electron chi connectivity index (χ4n) is 0.709. The zero-order valence-corrected chi connectivity index (χ0v) is 4.83. The Morgan fingerprint density at radius 1 is 1.78 bits per heavy atom. The van der Waals surface area contributed by atoms with Gasteiger partial charge in [0.05, 0.1) is 13.2 Å². The van der Waals surface area contributed by atoms with E-state index in [1.165, 1.54) is 0 Å². The molecule has 52 valence electrons. The van der Waals surface area contributed by atoms with Crippen LogP contribution in [0.2, 0.25) is 0 Å². The van der Waals surface area contributed by atoms with Crippen molar-refractivity contribution in [2.45, 2.75) is 12.0 Å². The highest BCUT2D eigenvalue weighted by Crippen LogP contribution is 2.25. The van der Waals surface area contributed by atoms with Crippen molar-refractivity contribution in [3.8, 4) is 0 Å². The maximum Gasteiger partial charge on any atom is 0.338 e. The second-order valence-corrected chi connectivity index (χ2v) is 2.06. The summed E-state index contributed by atoms with van der Waals surface area (Å²) in [6.07, 6.45) is 0.416. The molecule has 0 spiro atoms. The summed E-state index contributed by atoms with van der Waals surface area (Å²) in [7, 11) is 0. The monoisotopic (exact) mass is 132 g/mol. The molecule has 1 fully saturated rings. The minimum atomic E-state index is -1.26. The number of hydrogen-bond donors (Lipinski definition) is 2. The Kier molecular flexibility index (Phi) is 1.42. The van der Waals surface area contributed by atoms with Crippen LogP contribution in [-0.4, -0.2) is 35.0 Å². The topological polar surface area (TPSA) is 66.8 Å². The Balaban J connectivity index is 2.57. The van der Waals surface area contributed by atoms with Crippen molar-refractivity contribution in [2.24, 2.45) is 0 Å². The molecule has 2 N–H and O–H groups in total. The lowest BCUT2D eigenvalue weighted by Gasteiger charge is -2.35. The Hall–Kier alpha value is -0.610. The fourth-order valence-corrected chi connectivity index (χ4v) is 0.709. The second kappa shape index (κ2) is 1.97. The zero-order chi connectivity index (χ0) is 6.91. The van der Waals surface area contributed by atoms with Gasteiger partial charge < -0.3 is 14.9 Å². The van der Waals surface area contributed by atoms with Crippen molar-refractivity contribution in [3.05, 3.63) is 0 Å². The molecule has 0 aromatic rings. The molecule has 0 aromatic heterocycles. The number of ether oxygens (including phenoxy) is 1. The number of aliphatic hydroxyl groups is 1. The summed E-state index contributed by atoms with van der Waals surface area (Å²) in [4.78, 5) is 10.2. The summed E-state index contributed by atoms with van der Waals surface area (Å²) in [5.41, 5.74) is -1.26. The van der Waals surface area contributed by atoms with Crippen molar-refractivity contribution in [3.63, 3.8) is 0 Å². The van der Waals surface area contributed by atoms with Crippen molar-refractivity contribution in [2.75, 3.05) is 13.2 Å². The van der Waals surface area contributed by atoms with Crippen LogP contribution < -0.4 is 0 Å². The van der Waals surface area contributed by atoms with E-state index < -0.39 is 18.2 Å². The molecule has 1 rings (SSSR count). The normalized spacial score (nSPS) is 33.4. The number of carboxylic acids is 1. The highest BCUT2D eigenvalue weighted by molar-refractivity contribution is 5.78. The molecule has 0 aromatic carbocycles. The molecule has 4 nitrogen and oxygen atoms in total. The summed E-state index contributed by atoms with van der Waals surface area (Å²) in [5.74, 6) is -1.07. The average molecular weight is 132 g/mol. The SMILES string of the molecule is O=C(O)C1(CO)CCO1. The first-order valence-corrected chi connectivity index (χ1v) is 2.69. The first kappa shape index (κ1) is 6.51. The summed E-state index contributed by atoms with van der Waals surface area (Å²) in [6.45, 7) is 0.00912. The Morgan fingerprint density at radius 2 is 2.33 bits per heavy atom. The van der Waals surface area contributed by atoms with Crippen LogP contribution in [0.3, 0.4) is 0 Å². The third-order valence-electron chi connectivity index (χ3n) is 1.53. The Labute approximate surface area is 52.1 Å². The van der Waals surface area contributed by atoms with E-state index in [-0.39, 0.29) is 0 Å². The number of rotatable bonds is 2. The molecule has 1 unspecified atom stereocenters. The molecule has 1 heterocycles. The molecule has 4 heteroatoms. The van der Waals surface area contributed by atoms with Crippen molar-refractivity contribution in [1.82, 2.24) is 0 Å². The van der Waals surface area contributed by atoms with Gasteiger partial charge in [0.2, 0.25) is 0 Å². The quantitative estimate of drug-likeness (QED) is 0.517. The molecule has 1 atom stereocenters. The summed E-state index contributed by atoms with van der Waals surface area (Å²) in [5, 5.41) is 16.9. The number of carbonyl (C=O) groups is 1. The third-order valence-corrected chi connectivity index (χ3v) is 1.53. The Morgan fingerprint density at radius 3 is 2.33 bits per heavy atom. The van der Waals surface area contributed by atoms with Gasteiger partial charge in [0.1, 0.15) is 0 Å². The van der Waals surface area contributed by atoms with Crippen molar-refractivity contribution < 1.29 is 19.7 Å². The second-order valence-electron chi connectivity index (χ2n) is 2.06.